The number of rotatable bonds is 8. The third kappa shape index (κ3) is 4.30. The number of benzene rings is 1. The predicted molar refractivity (Wildman–Crippen MR) is 117 cm³/mol. The number of piperidine rings is 1. The van der Waals surface area contributed by atoms with Crippen LogP contribution >= 0.6 is 11.3 Å². The topological polar surface area (TPSA) is 75.2 Å². The number of nitrogens with zero attached hydrogens (tertiary/aromatic N) is 4. The van der Waals surface area contributed by atoms with E-state index in [1.54, 1.807) is 30.5 Å². The van der Waals surface area contributed by atoms with E-state index >= 15 is 0 Å². The summed E-state index contributed by atoms with van der Waals surface area (Å²) in [4.78, 5) is 36.7. The summed E-state index contributed by atoms with van der Waals surface area (Å²) in [7, 11) is 3.21. The molecule has 0 radical (unpaired) electrons. The number of hydrogen-bond donors (Lipinski definition) is 0. The summed E-state index contributed by atoms with van der Waals surface area (Å²) in [5.41, 5.74) is 0.0689. The van der Waals surface area contributed by atoms with Crippen molar-refractivity contribution in [3.63, 3.8) is 0 Å². The molecule has 9 heteroatoms. The number of aromatic nitrogens is 1. The molecular formula is C22H28N4O4S. The monoisotopic (exact) mass is 444 g/mol. The number of carbonyl (C=O) groups is 2. The largest absolute Gasteiger partial charge is 0.497 e. The van der Waals surface area contributed by atoms with Gasteiger partial charge in [0.2, 0.25) is 0 Å². The van der Waals surface area contributed by atoms with Crippen molar-refractivity contribution in [3.8, 4) is 5.75 Å². The molecule has 2 saturated heterocycles. The fraction of sp³-hybridized carbons (Fsp3) is 0.500. The van der Waals surface area contributed by atoms with Gasteiger partial charge in [-0.2, -0.15) is 0 Å². The fourth-order valence-corrected chi connectivity index (χ4v) is 5.11. The van der Waals surface area contributed by atoms with Crippen LogP contribution in [0.2, 0.25) is 0 Å². The van der Waals surface area contributed by atoms with Crippen molar-refractivity contribution in [1.82, 2.24) is 19.7 Å². The number of methoxy groups -OCH3 is 2. The van der Waals surface area contributed by atoms with Crippen LogP contribution in [0.1, 0.15) is 23.4 Å². The number of ether oxygens (including phenoxy) is 2. The van der Waals surface area contributed by atoms with Crippen molar-refractivity contribution in [1.29, 1.82) is 0 Å². The minimum absolute atomic E-state index is 0.106. The maximum Gasteiger partial charge on any atom is 0.328 e. The SMILES string of the molecule is COCCN1C(=O)N(Cc2cccc(OC)c2)C(=O)C12CCN(Cc1nccs1)CC2. The van der Waals surface area contributed by atoms with Crippen molar-refractivity contribution in [3.05, 3.63) is 46.4 Å². The van der Waals surface area contributed by atoms with E-state index in [0.29, 0.717) is 31.7 Å². The summed E-state index contributed by atoms with van der Waals surface area (Å²) in [6.45, 7) is 3.31. The van der Waals surface area contributed by atoms with Crippen LogP contribution in [-0.4, -0.2) is 77.6 Å². The lowest BCUT2D eigenvalue weighted by Crippen LogP contribution is -2.57. The van der Waals surface area contributed by atoms with Gasteiger partial charge >= 0.3 is 6.03 Å². The maximum atomic E-state index is 13.6. The third-order valence-electron chi connectivity index (χ3n) is 6.14. The molecule has 166 valence electrons. The Bertz CT molecular complexity index is 912. The van der Waals surface area contributed by atoms with Gasteiger partial charge in [-0.05, 0) is 30.5 Å². The van der Waals surface area contributed by atoms with Crippen molar-refractivity contribution in [2.24, 2.45) is 0 Å². The van der Waals surface area contributed by atoms with Gasteiger partial charge in [-0.1, -0.05) is 12.1 Å². The van der Waals surface area contributed by atoms with E-state index in [1.807, 2.05) is 35.8 Å². The molecule has 0 aliphatic carbocycles. The number of amides is 3. The number of thiazole rings is 1. The minimum Gasteiger partial charge on any atom is -0.497 e. The number of likely N-dealkylation sites (tertiary alicyclic amines) is 1. The molecule has 2 aromatic rings. The Morgan fingerprint density at radius 2 is 1.97 bits per heavy atom. The zero-order chi connectivity index (χ0) is 21.8. The molecule has 0 saturated carbocycles. The lowest BCUT2D eigenvalue weighted by molar-refractivity contribution is -0.136. The Labute approximate surface area is 186 Å². The molecule has 0 unspecified atom stereocenters. The lowest BCUT2D eigenvalue weighted by Gasteiger charge is -2.42. The van der Waals surface area contributed by atoms with E-state index in [2.05, 4.69) is 9.88 Å². The van der Waals surface area contributed by atoms with E-state index in [1.165, 1.54) is 4.90 Å². The highest BCUT2D eigenvalue weighted by Crippen LogP contribution is 2.38. The average Bonchev–Trinajstić information content (AvgIpc) is 3.36. The molecule has 31 heavy (non-hydrogen) atoms. The molecule has 0 bridgehead atoms. The second kappa shape index (κ2) is 9.33. The zero-order valence-corrected chi connectivity index (χ0v) is 18.8. The van der Waals surface area contributed by atoms with Gasteiger partial charge in [-0.15, -0.1) is 11.3 Å². The van der Waals surface area contributed by atoms with Crippen LogP contribution in [0.3, 0.4) is 0 Å². The van der Waals surface area contributed by atoms with Crippen molar-refractivity contribution >= 4 is 23.3 Å². The Morgan fingerprint density at radius 1 is 1.16 bits per heavy atom. The van der Waals surface area contributed by atoms with Crippen LogP contribution in [0.25, 0.3) is 0 Å². The van der Waals surface area contributed by atoms with Crippen LogP contribution in [0.15, 0.2) is 35.8 Å². The average molecular weight is 445 g/mol. The summed E-state index contributed by atoms with van der Waals surface area (Å²) >= 11 is 1.64. The molecule has 0 atom stereocenters. The lowest BCUT2D eigenvalue weighted by atomic mass is 9.85. The number of carbonyl (C=O) groups excluding carboxylic acids is 2. The van der Waals surface area contributed by atoms with Crippen LogP contribution in [0.5, 0.6) is 5.75 Å². The van der Waals surface area contributed by atoms with Gasteiger partial charge in [-0.25, -0.2) is 9.78 Å². The van der Waals surface area contributed by atoms with E-state index in [0.717, 1.165) is 30.2 Å². The first-order valence-electron chi connectivity index (χ1n) is 10.4. The molecule has 2 aliphatic rings. The fourth-order valence-electron chi connectivity index (χ4n) is 4.45. The summed E-state index contributed by atoms with van der Waals surface area (Å²) in [6.07, 6.45) is 3.04. The molecule has 1 aromatic carbocycles. The summed E-state index contributed by atoms with van der Waals surface area (Å²) < 4.78 is 10.5. The van der Waals surface area contributed by atoms with E-state index in [-0.39, 0.29) is 18.5 Å². The molecule has 1 aromatic heterocycles. The van der Waals surface area contributed by atoms with Gasteiger partial charge < -0.3 is 14.4 Å². The smallest absolute Gasteiger partial charge is 0.328 e. The Kier molecular flexibility index (Phi) is 6.54. The summed E-state index contributed by atoms with van der Waals surface area (Å²) in [5.74, 6) is 0.600. The molecule has 2 fully saturated rings. The first-order chi connectivity index (χ1) is 15.1. The van der Waals surface area contributed by atoms with E-state index < -0.39 is 5.54 Å². The molecular weight excluding hydrogens is 416 g/mol. The van der Waals surface area contributed by atoms with Crippen molar-refractivity contribution < 1.29 is 19.1 Å². The highest BCUT2D eigenvalue weighted by atomic mass is 32.1. The molecule has 3 heterocycles. The molecule has 8 nitrogen and oxygen atoms in total. The zero-order valence-electron chi connectivity index (χ0n) is 18.0. The second-order valence-electron chi connectivity index (χ2n) is 7.90. The molecule has 1 spiro atoms. The van der Waals surface area contributed by atoms with Crippen LogP contribution in [0.4, 0.5) is 4.79 Å². The number of hydrogen-bond acceptors (Lipinski definition) is 7. The Morgan fingerprint density at radius 3 is 2.65 bits per heavy atom. The molecule has 2 aliphatic heterocycles. The quantitative estimate of drug-likeness (QED) is 0.583. The number of imide groups is 1. The van der Waals surface area contributed by atoms with Crippen LogP contribution in [-0.2, 0) is 22.6 Å². The standard InChI is InChI=1S/C22H28N4O4S/c1-29-12-11-26-21(28)25(15-17-4-3-5-18(14-17)30-2)20(27)22(26)6-9-24(10-7-22)16-19-23-8-13-31-19/h3-5,8,13-14H,6-7,9-12,15-16H2,1-2H3. The van der Waals surface area contributed by atoms with Gasteiger partial charge in [-0.3, -0.25) is 14.6 Å². The van der Waals surface area contributed by atoms with Gasteiger partial charge in [0.15, 0.2) is 0 Å². The summed E-state index contributed by atoms with van der Waals surface area (Å²) in [6, 6.07) is 7.25. The highest BCUT2D eigenvalue weighted by molar-refractivity contribution is 7.09. The molecule has 3 amide bonds. The Balaban J connectivity index is 1.52. The van der Waals surface area contributed by atoms with Crippen molar-refractivity contribution in [2.45, 2.75) is 31.5 Å². The number of urea groups is 1. The van der Waals surface area contributed by atoms with Gasteiger partial charge in [0.1, 0.15) is 16.3 Å². The first-order valence-corrected chi connectivity index (χ1v) is 11.3. The Hall–Kier alpha value is -2.49. The van der Waals surface area contributed by atoms with E-state index in [9.17, 15) is 9.59 Å². The highest BCUT2D eigenvalue weighted by Gasteiger charge is 2.57. The van der Waals surface area contributed by atoms with Gasteiger partial charge in [0, 0.05) is 38.3 Å². The molecule has 0 N–H and O–H groups in total. The third-order valence-corrected chi connectivity index (χ3v) is 6.91. The second-order valence-corrected chi connectivity index (χ2v) is 8.88. The van der Waals surface area contributed by atoms with Gasteiger partial charge in [0.25, 0.3) is 5.91 Å². The van der Waals surface area contributed by atoms with Crippen LogP contribution < -0.4 is 4.74 Å². The van der Waals surface area contributed by atoms with E-state index in [4.69, 9.17) is 9.47 Å². The minimum atomic E-state index is -0.798. The molecule has 4 rings (SSSR count). The first kappa shape index (κ1) is 21.7. The van der Waals surface area contributed by atoms with Gasteiger partial charge in [0.05, 0.1) is 26.8 Å². The van der Waals surface area contributed by atoms with Crippen molar-refractivity contribution in [2.75, 3.05) is 40.5 Å². The predicted octanol–water partition coefficient (Wildman–Crippen LogP) is 2.60. The normalized spacial score (nSPS) is 18.9. The summed E-state index contributed by atoms with van der Waals surface area (Å²) in [5, 5.41) is 3.05. The maximum absolute atomic E-state index is 13.6. The van der Waals surface area contributed by atoms with Crippen LogP contribution in [0, 0.1) is 0 Å².